The van der Waals surface area contributed by atoms with Crippen LogP contribution in [0.4, 0.5) is 10.1 Å². The van der Waals surface area contributed by atoms with Gasteiger partial charge in [-0.3, -0.25) is 0 Å². The van der Waals surface area contributed by atoms with Gasteiger partial charge in [0.25, 0.3) is 0 Å². The number of hydrogen-bond acceptors (Lipinski definition) is 3. The lowest BCUT2D eigenvalue weighted by Crippen LogP contribution is -2.23. The van der Waals surface area contributed by atoms with E-state index in [-0.39, 0.29) is 11.5 Å². The van der Waals surface area contributed by atoms with Gasteiger partial charge in [0.15, 0.2) is 0 Å². The van der Waals surface area contributed by atoms with Crippen molar-refractivity contribution in [3.8, 4) is 0 Å². The fourth-order valence-electron chi connectivity index (χ4n) is 1.69. The number of nitrogen functional groups attached to an aromatic ring is 1. The number of rotatable bonds is 3. The maximum Gasteiger partial charge on any atom is 0.147 e. The molecule has 82 valence electrons. The van der Waals surface area contributed by atoms with Crippen LogP contribution in [0.15, 0.2) is 23.1 Å². The fourth-order valence-corrected chi connectivity index (χ4v) is 2.72. The number of nitrogens with one attached hydrogen (secondary N) is 1. The van der Waals surface area contributed by atoms with E-state index in [1.165, 1.54) is 18.9 Å². The van der Waals surface area contributed by atoms with E-state index in [1.54, 1.807) is 17.8 Å². The van der Waals surface area contributed by atoms with Gasteiger partial charge in [-0.05, 0) is 37.6 Å². The lowest BCUT2D eigenvalue weighted by molar-refractivity contribution is 0.629. The predicted molar refractivity (Wildman–Crippen MR) is 62.6 cm³/mol. The number of benzene rings is 1. The van der Waals surface area contributed by atoms with Gasteiger partial charge in [-0.1, -0.05) is 0 Å². The topological polar surface area (TPSA) is 38.0 Å². The van der Waals surface area contributed by atoms with Crippen LogP contribution in [0.1, 0.15) is 12.8 Å². The predicted octanol–water partition coefficient (Wildman–Crippen LogP) is 2.25. The van der Waals surface area contributed by atoms with Crippen LogP contribution < -0.4 is 11.1 Å². The van der Waals surface area contributed by atoms with E-state index in [9.17, 15) is 4.39 Å². The van der Waals surface area contributed by atoms with Gasteiger partial charge in [0.2, 0.25) is 0 Å². The van der Waals surface area contributed by atoms with Crippen LogP contribution in [0.5, 0.6) is 0 Å². The summed E-state index contributed by atoms with van der Waals surface area (Å²) in [5, 5.41) is 3.41. The molecule has 1 atom stereocenters. The first-order valence-corrected chi connectivity index (χ1v) is 6.15. The smallest absolute Gasteiger partial charge is 0.147 e. The first-order chi connectivity index (χ1) is 7.25. The third-order valence-corrected chi connectivity index (χ3v) is 3.74. The number of halogens is 1. The quantitative estimate of drug-likeness (QED) is 0.613. The largest absolute Gasteiger partial charge is 0.396 e. The van der Waals surface area contributed by atoms with E-state index in [4.69, 9.17) is 5.73 Å². The summed E-state index contributed by atoms with van der Waals surface area (Å²) in [6.07, 6.45) is 2.48. The van der Waals surface area contributed by atoms with E-state index in [1.807, 2.05) is 6.07 Å². The summed E-state index contributed by atoms with van der Waals surface area (Å²) in [5.41, 5.74) is 5.63. The molecule has 2 rings (SSSR count). The molecule has 0 radical (unpaired) electrons. The Labute approximate surface area is 93.4 Å². The van der Waals surface area contributed by atoms with Crippen molar-refractivity contribution in [1.82, 2.24) is 5.32 Å². The average molecular weight is 226 g/mol. The fraction of sp³-hybridized carbons (Fsp3) is 0.455. The lowest BCUT2D eigenvalue weighted by Gasteiger charge is -2.09. The molecule has 1 saturated heterocycles. The molecule has 2 nitrogen and oxygen atoms in total. The van der Waals surface area contributed by atoms with Crippen LogP contribution in [-0.2, 0) is 0 Å². The summed E-state index contributed by atoms with van der Waals surface area (Å²) in [6.45, 7) is 1.11. The molecule has 0 aromatic heterocycles. The number of thioether (sulfide) groups is 1. The molecule has 1 aromatic carbocycles. The minimum Gasteiger partial charge on any atom is -0.396 e. The van der Waals surface area contributed by atoms with Gasteiger partial charge in [0.1, 0.15) is 5.82 Å². The summed E-state index contributed by atoms with van der Waals surface area (Å²) in [6, 6.07) is 5.59. The zero-order chi connectivity index (χ0) is 10.7. The summed E-state index contributed by atoms with van der Waals surface area (Å²) < 4.78 is 13.1. The second-order valence-corrected chi connectivity index (χ2v) is 4.88. The second kappa shape index (κ2) is 4.86. The zero-order valence-electron chi connectivity index (χ0n) is 8.50. The first kappa shape index (κ1) is 10.8. The molecule has 3 N–H and O–H groups in total. The molecule has 1 heterocycles. The van der Waals surface area contributed by atoms with Crippen molar-refractivity contribution >= 4 is 17.4 Å². The Bertz CT molecular complexity index is 337. The Kier molecular flexibility index (Phi) is 3.49. The van der Waals surface area contributed by atoms with Crippen LogP contribution >= 0.6 is 11.8 Å². The maximum atomic E-state index is 13.1. The minimum atomic E-state index is -0.320. The van der Waals surface area contributed by atoms with Gasteiger partial charge in [0, 0.05) is 16.7 Å². The Morgan fingerprint density at radius 2 is 2.40 bits per heavy atom. The van der Waals surface area contributed by atoms with E-state index in [2.05, 4.69) is 5.32 Å². The third kappa shape index (κ3) is 2.86. The van der Waals surface area contributed by atoms with Gasteiger partial charge in [0.05, 0.1) is 5.69 Å². The zero-order valence-corrected chi connectivity index (χ0v) is 9.32. The van der Waals surface area contributed by atoms with Crippen molar-refractivity contribution in [3.63, 3.8) is 0 Å². The van der Waals surface area contributed by atoms with Crippen molar-refractivity contribution < 1.29 is 4.39 Å². The van der Waals surface area contributed by atoms with E-state index >= 15 is 0 Å². The van der Waals surface area contributed by atoms with E-state index in [0.717, 1.165) is 17.2 Å². The third-order valence-electron chi connectivity index (χ3n) is 2.59. The van der Waals surface area contributed by atoms with Crippen molar-refractivity contribution in [3.05, 3.63) is 24.0 Å². The van der Waals surface area contributed by atoms with Gasteiger partial charge in [-0.15, -0.1) is 11.8 Å². The molecule has 0 amide bonds. The van der Waals surface area contributed by atoms with E-state index < -0.39 is 0 Å². The highest BCUT2D eigenvalue weighted by Crippen LogP contribution is 2.24. The van der Waals surface area contributed by atoms with Crippen molar-refractivity contribution in [1.29, 1.82) is 0 Å². The van der Waals surface area contributed by atoms with Crippen LogP contribution in [-0.4, -0.2) is 18.3 Å². The van der Waals surface area contributed by atoms with Crippen LogP contribution in [0, 0.1) is 5.82 Å². The molecule has 1 aliphatic heterocycles. The van der Waals surface area contributed by atoms with Gasteiger partial charge >= 0.3 is 0 Å². The van der Waals surface area contributed by atoms with Gasteiger partial charge < -0.3 is 11.1 Å². The second-order valence-electron chi connectivity index (χ2n) is 3.79. The number of nitrogens with two attached hydrogens (primary N) is 1. The minimum absolute atomic E-state index is 0.221. The Morgan fingerprint density at radius 3 is 3.07 bits per heavy atom. The summed E-state index contributed by atoms with van der Waals surface area (Å²) in [5.74, 6) is 0.683. The average Bonchev–Trinajstić information content (AvgIpc) is 2.73. The summed E-state index contributed by atoms with van der Waals surface area (Å²) in [7, 11) is 0. The normalized spacial score (nSPS) is 20.7. The molecule has 1 aliphatic rings. The van der Waals surface area contributed by atoms with Gasteiger partial charge in [-0.25, -0.2) is 4.39 Å². The Hall–Kier alpha value is -0.740. The molecule has 1 fully saturated rings. The molecular weight excluding hydrogens is 211 g/mol. The van der Waals surface area contributed by atoms with Crippen molar-refractivity contribution in [2.75, 3.05) is 18.0 Å². The molecule has 15 heavy (non-hydrogen) atoms. The SMILES string of the molecule is Nc1ccc(SC[C@@H]2CCCN2)cc1F. The van der Waals surface area contributed by atoms with Crippen molar-refractivity contribution in [2.45, 2.75) is 23.8 Å². The summed E-state index contributed by atoms with van der Waals surface area (Å²) in [4.78, 5) is 0.954. The molecule has 0 spiro atoms. The molecule has 0 unspecified atom stereocenters. The van der Waals surface area contributed by atoms with Gasteiger partial charge in [-0.2, -0.15) is 0 Å². The molecule has 4 heteroatoms. The summed E-state index contributed by atoms with van der Waals surface area (Å²) >= 11 is 1.68. The Morgan fingerprint density at radius 1 is 1.53 bits per heavy atom. The molecule has 0 saturated carbocycles. The first-order valence-electron chi connectivity index (χ1n) is 5.17. The van der Waals surface area contributed by atoms with Crippen LogP contribution in [0.3, 0.4) is 0 Å². The molecule has 1 aromatic rings. The highest BCUT2D eigenvalue weighted by atomic mass is 32.2. The number of anilines is 1. The van der Waals surface area contributed by atoms with E-state index in [0.29, 0.717) is 6.04 Å². The van der Waals surface area contributed by atoms with Crippen LogP contribution in [0.25, 0.3) is 0 Å². The van der Waals surface area contributed by atoms with Crippen molar-refractivity contribution in [2.24, 2.45) is 0 Å². The monoisotopic (exact) mass is 226 g/mol. The molecule has 0 bridgehead atoms. The standard InChI is InChI=1S/C11H15FN2S/c12-10-6-9(3-4-11(10)13)15-7-8-2-1-5-14-8/h3-4,6,8,14H,1-2,5,7,13H2/t8-/m0/s1. The highest BCUT2D eigenvalue weighted by molar-refractivity contribution is 7.99. The lowest BCUT2D eigenvalue weighted by atomic mass is 10.3. The molecule has 0 aliphatic carbocycles. The maximum absolute atomic E-state index is 13.1. The van der Waals surface area contributed by atoms with Crippen LogP contribution in [0.2, 0.25) is 0 Å². The molecular formula is C11H15FN2S. The highest BCUT2D eigenvalue weighted by Gasteiger charge is 2.14. The number of hydrogen-bond donors (Lipinski definition) is 2. The Balaban J connectivity index is 1.90.